The Morgan fingerprint density at radius 2 is 1.13 bits per heavy atom. The van der Waals surface area contributed by atoms with E-state index in [9.17, 15) is 14.4 Å². The van der Waals surface area contributed by atoms with Crippen molar-refractivity contribution in [2.45, 2.75) is 32.6 Å². The topological polar surface area (TPSA) is 80.2 Å². The minimum absolute atomic E-state index is 0.0556. The van der Waals surface area contributed by atoms with Gasteiger partial charge < -0.3 is 4.90 Å². The lowest BCUT2D eigenvalue weighted by Crippen LogP contribution is -2.32. The first-order valence-corrected chi connectivity index (χ1v) is 13.4. The lowest BCUT2D eigenvalue weighted by Gasteiger charge is -2.32. The number of anilines is 1. The average Bonchev–Trinajstić information content (AvgIpc) is 2.98. The molecule has 1 fully saturated rings. The Morgan fingerprint density at radius 3 is 1.64 bits per heavy atom. The highest BCUT2D eigenvalue weighted by Gasteiger charge is 2.17. The van der Waals surface area contributed by atoms with Crippen molar-refractivity contribution in [3.8, 4) is 0 Å². The second-order valence-electron chi connectivity index (χ2n) is 10.3. The van der Waals surface area contributed by atoms with Crippen LogP contribution in [-0.2, 0) is 12.8 Å². The molecule has 0 bridgehead atoms. The molecule has 1 aromatic heterocycles. The Kier molecular flexibility index (Phi) is 8.02. The van der Waals surface area contributed by atoms with Gasteiger partial charge >= 0.3 is 0 Å². The number of aromatic nitrogens is 2. The maximum atomic E-state index is 13.0. The number of carbonyl (C=O) groups is 3. The highest BCUT2D eigenvalue weighted by atomic mass is 16.1. The monoisotopic (exact) mass is 517 g/mol. The third-order valence-electron chi connectivity index (χ3n) is 7.38. The minimum Gasteiger partial charge on any atom is -0.372 e. The van der Waals surface area contributed by atoms with Crippen LogP contribution in [0.4, 0.5) is 5.69 Å². The van der Waals surface area contributed by atoms with Gasteiger partial charge in [0.2, 0.25) is 0 Å². The quantitative estimate of drug-likeness (QED) is 0.261. The van der Waals surface area contributed by atoms with Gasteiger partial charge in [-0.05, 0) is 54.2 Å². The summed E-state index contributed by atoms with van der Waals surface area (Å²) in [5, 5.41) is 0. The molecular formula is C33H31N3O3. The summed E-state index contributed by atoms with van der Waals surface area (Å²) in [6.07, 6.45) is 7.28. The Balaban J connectivity index is 1.17. The van der Waals surface area contributed by atoms with Gasteiger partial charge in [0, 0.05) is 60.7 Å². The number of nitrogens with zero attached hydrogens (tertiary/aromatic N) is 3. The van der Waals surface area contributed by atoms with Crippen LogP contribution in [0.1, 0.15) is 67.5 Å². The number of benzene rings is 3. The molecule has 2 heterocycles. The molecule has 0 spiro atoms. The van der Waals surface area contributed by atoms with E-state index in [-0.39, 0.29) is 30.2 Å². The van der Waals surface area contributed by atoms with Crippen LogP contribution in [0, 0.1) is 5.92 Å². The number of hydrogen-bond acceptors (Lipinski definition) is 6. The molecule has 0 saturated carbocycles. The van der Waals surface area contributed by atoms with Crippen molar-refractivity contribution in [1.29, 1.82) is 0 Å². The summed E-state index contributed by atoms with van der Waals surface area (Å²) in [6.45, 7) is 4.43. The van der Waals surface area contributed by atoms with E-state index in [2.05, 4.69) is 21.8 Å². The third-order valence-corrected chi connectivity index (χ3v) is 7.38. The molecule has 39 heavy (non-hydrogen) atoms. The van der Waals surface area contributed by atoms with Crippen LogP contribution in [0.2, 0.25) is 0 Å². The van der Waals surface area contributed by atoms with E-state index in [1.54, 1.807) is 36.4 Å². The van der Waals surface area contributed by atoms with Crippen LogP contribution in [-0.4, -0.2) is 40.4 Å². The number of carbonyl (C=O) groups excluding carboxylic acids is 3. The molecular weight excluding hydrogens is 486 g/mol. The zero-order valence-electron chi connectivity index (χ0n) is 22.0. The third kappa shape index (κ3) is 6.52. The molecule has 0 amide bonds. The van der Waals surface area contributed by atoms with Crippen molar-refractivity contribution < 1.29 is 14.4 Å². The molecule has 0 aliphatic carbocycles. The van der Waals surface area contributed by atoms with Crippen LogP contribution in [0.3, 0.4) is 0 Å². The van der Waals surface area contributed by atoms with Crippen LogP contribution in [0.25, 0.3) is 0 Å². The zero-order chi connectivity index (χ0) is 27.2. The normalized spacial score (nSPS) is 13.7. The summed E-state index contributed by atoms with van der Waals surface area (Å²) in [5.74, 6) is 0.653. The fourth-order valence-electron chi connectivity index (χ4n) is 4.86. The molecule has 4 aromatic rings. The van der Waals surface area contributed by atoms with Crippen molar-refractivity contribution in [3.63, 3.8) is 0 Å². The Hall–Kier alpha value is -4.45. The number of Topliss-reactive ketones (excluding diaryl/α,β-unsaturated/α-hetero) is 2. The van der Waals surface area contributed by atoms with E-state index in [0.29, 0.717) is 22.3 Å². The SMILES string of the molecule is CC1CCN(c2ccc(C(=O)Cc3ccc(C(=O)c4ccc(CC(=O)c5cncnc5)cc4)cc3)cc2)CC1. The van der Waals surface area contributed by atoms with Gasteiger partial charge in [-0.2, -0.15) is 0 Å². The van der Waals surface area contributed by atoms with Gasteiger partial charge in [-0.15, -0.1) is 0 Å². The fraction of sp³-hybridized carbons (Fsp3) is 0.242. The molecule has 196 valence electrons. The van der Waals surface area contributed by atoms with E-state index in [1.807, 2.05) is 36.4 Å². The molecule has 1 aliphatic heterocycles. The Labute approximate surface area is 228 Å². The Morgan fingerprint density at radius 1 is 0.667 bits per heavy atom. The maximum Gasteiger partial charge on any atom is 0.193 e. The standard InChI is InChI=1S/C33H31N3O3/c1-23-14-16-36(17-15-23)30-12-10-26(11-13-30)31(37)18-24-2-6-27(7-3-24)33(39)28-8-4-25(5-9-28)19-32(38)29-20-34-22-35-21-29/h2-13,20-23H,14-19H2,1H3. The summed E-state index contributed by atoms with van der Waals surface area (Å²) < 4.78 is 0. The fourth-order valence-corrected chi connectivity index (χ4v) is 4.86. The number of hydrogen-bond donors (Lipinski definition) is 0. The van der Waals surface area contributed by atoms with Crippen molar-refractivity contribution in [3.05, 3.63) is 125 Å². The summed E-state index contributed by atoms with van der Waals surface area (Å²) >= 11 is 0. The predicted octanol–water partition coefficient (Wildman–Crippen LogP) is 5.79. The largest absolute Gasteiger partial charge is 0.372 e. The molecule has 0 unspecified atom stereocenters. The molecule has 3 aromatic carbocycles. The first kappa shape index (κ1) is 26.2. The van der Waals surface area contributed by atoms with E-state index < -0.39 is 0 Å². The van der Waals surface area contributed by atoms with Crippen molar-refractivity contribution in [2.75, 3.05) is 18.0 Å². The van der Waals surface area contributed by atoms with Crippen molar-refractivity contribution >= 4 is 23.0 Å². The van der Waals surface area contributed by atoms with Crippen LogP contribution >= 0.6 is 0 Å². The van der Waals surface area contributed by atoms with Crippen molar-refractivity contribution in [1.82, 2.24) is 9.97 Å². The summed E-state index contributed by atoms with van der Waals surface area (Å²) in [4.78, 5) is 48.4. The molecule has 0 radical (unpaired) electrons. The van der Waals surface area contributed by atoms with Gasteiger partial charge in [-0.1, -0.05) is 55.5 Å². The highest BCUT2D eigenvalue weighted by molar-refractivity contribution is 6.09. The smallest absolute Gasteiger partial charge is 0.193 e. The van der Waals surface area contributed by atoms with Gasteiger partial charge in [-0.25, -0.2) is 9.97 Å². The summed E-state index contributed by atoms with van der Waals surface area (Å²) in [6, 6.07) is 22.2. The zero-order valence-corrected chi connectivity index (χ0v) is 22.0. The average molecular weight is 518 g/mol. The predicted molar refractivity (Wildman–Crippen MR) is 151 cm³/mol. The number of ketones is 3. The lowest BCUT2D eigenvalue weighted by atomic mass is 9.97. The van der Waals surface area contributed by atoms with Crippen LogP contribution in [0.5, 0.6) is 0 Å². The highest BCUT2D eigenvalue weighted by Crippen LogP contribution is 2.24. The van der Waals surface area contributed by atoms with E-state index in [4.69, 9.17) is 0 Å². The van der Waals surface area contributed by atoms with Crippen molar-refractivity contribution in [2.24, 2.45) is 5.92 Å². The van der Waals surface area contributed by atoms with E-state index in [0.717, 1.165) is 30.1 Å². The van der Waals surface area contributed by atoms with Gasteiger partial charge in [0.1, 0.15) is 6.33 Å². The van der Waals surface area contributed by atoms with Gasteiger partial charge in [0.15, 0.2) is 17.3 Å². The summed E-state index contributed by atoms with van der Waals surface area (Å²) in [7, 11) is 0. The molecule has 1 aliphatic rings. The molecule has 0 atom stereocenters. The molecule has 1 saturated heterocycles. The second kappa shape index (κ2) is 11.9. The second-order valence-corrected chi connectivity index (χ2v) is 10.3. The molecule has 5 rings (SSSR count). The molecule has 6 heteroatoms. The number of rotatable bonds is 9. The van der Waals surface area contributed by atoms with Gasteiger partial charge in [-0.3, -0.25) is 14.4 Å². The van der Waals surface area contributed by atoms with Crippen LogP contribution in [0.15, 0.2) is 91.5 Å². The van der Waals surface area contributed by atoms with Gasteiger partial charge in [0.25, 0.3) is 0 Å². The molecule has 6 nitrogen and oxygen atoms in total. The van der Waals surface area contributed by atoms with E-state index in [1.165, 1.54) is 37.3 Å². The Bertz CT molecular complexity index is 1440. The summed E-state index contributed by atoms with van der Waals surface area (Å²) in [5.41, 5.74) is 5.10. The first-order valence-electron chi connectivity index (χ1n) is 13.4. The van der Waals surface area contributed by atoms with Crippen LogP contribution < -0.4 is 4.90 Å². The molecule has 0 N–H and O–H groups in total. The van der Waals surface area contributed by atoms with Gasteiger partial charge in [0.05, 0.1) is 5.56 Å². The first-order chi connectivity index (χ1) is 19.0. The maximum absolute atomic E-state index is 13.0. The minimum atomic E-state index is -0.107. The lowest BCUT2D eigenvalue weighted by molar-refractivity contribution is 0.0984. The number of piperidine rings is 1. The van der Waals surface area contributed by atoms with E-state index >= 15 is 0 Å².